The molecule has 2 aromatic rings. The van der Waals surface area contributed by atoms with Gasteiger partial charge in [0.15, 0.2) is 0 Å². The van der Waals surface area contributed by atoms with E-state index in [-0.39, 0.29) is 29.7 Å². The average molecular weight is 363 g/mol. The molecule has 1 saturated heterocycles. The van der Waals surface area contributed by atoms with Gasteiger partial charge in [-0.2, -0.15) is 0 Å². The van der Waals surface area contributed by atoms with Gasteiger partial charge in [-0.1, -0.05) is 18.2 Å². The first-order valence-corrected chi connectivity index (χ1v) is 8.58. The molecular formula is C20H17N3O4. The van der Waals surface area contributed by atoms with Gasteiger partial charge in [0.1, 0.15) is 0 Å². The second-order valence-corrected chi connectivity index (χ2v) is 6.66. The zero-order valence-corrected chi connectivity index (χ0v) is 14.6. The van der Waals surface area contributed by atoms with Gasteiger partial charge in [-0.15, -0.1) is 0 Å². The van der Waals surface area contributed by atoms with E-state index in [1.165, 1.54) is 19.2 Å². The summed E-state index contributed by atoms with van der Waals surface area (Å²) in [7, 11) is 1.42. The van der Waals surface area contributed by atoms with E-state index in [2.05, 4.69) is 5.32 Å². The Bertz CT molecular complexity index is 970. The average Bonchev–Trinajstić information content (AvgIpc) is 3.17. The molecule has 4 amide bonds. The van der Waals surface area contributed by atoms with Crippen LogP contribution in [0, 0.1) is 5.92 Å². The first-order chi connectivity index (χ1) is 13.0. The molecule has 1 atom stereocenters. The Morgan fingerprint density at radius 3 is 2.44 bits per heavy atom. The number of carbonyl (C=O) groups excluding carboxylic acids is 4. The fourth-order valence-corrected chi connectivity index (χ4v) is 3.42. The minimum atomic E-state index is -0.481. The molecule has 0 aliphatic carbocycles. The van der Waals surface area contributed by atoms with Gasteiger partial charge in [0.05, 0.1) is 17.0 Å². The molecule has 1 fully saturated rings. The molecule has 4 rings (SSSR count). The summed E-state index contributed by atoms with van der Waals surface area (Å²) >= 11 is 0. The van der Waals surface area contributed by atoms with Crippen LogP contribution in [-0.2, 0) is 9.59 Å². The summed E-state index contributed by atoms with van der Waals surface area (Å²) in [6, 6.07) is 13.8. The summed E-state index contributed by atoms with van der Waals surface area (Å²) in [4.78, 5) is 51.5. The number of para-hydroxylation sites is 1. The van der Waals surface area contributed by atoms with Crippen LogP contribution < -0.4 is 10.2 Å². The third-order valence-corrected chi connectivity index (χ3v) is 4.92. The lowest BCUT2D eigenvalue weighted by Gasteiger charge is -2.16. The van der Waals surface area contributed by atoms with E-state index in [0.29, 0.717) is 17.8 Å². The van der Waals surface area contributed by atoms with E-state index in [4.69, 9.17) is 0 Å². The summed E-state index contributed by atoms with van der Waals surface area (Å²) in [5, 5.41) is 2.76. The van der Waals surface area contributed by atoms with Crippen molar-refractivity contribution in [2.45, 2.75) is 6.42 Å². The molecule has 2 aliphatic rings. The molecule has 27 heavy (non-hydrogen) atoms. The van der Waals surface area contributed by atoms with Gasteiger partial charge in [0.25, 0.3) is 11.8 Å². The van der Waals surface area contributed by atoms with Crippen molar-refractivity contribution >= 4 is 35.0 Å². The molecular weight excluding hydrogens is 346 g/mol. The van der Waals surface area contributed by atoms with Gasteiger partial charge in [0, 0.05) is 31.4 Å². The Morgan fingerprint density at radius 1 is 1.00 bits per heavy atom. The third kappa shape index (κ3) is 2.87. The van der Waals surface area contributed by atoms with Crippen LogP contribution >= 0.6 is 0 Å². The molecule has 0 radical (unpaired) electrons. The van der Waals surface area contributed by atoms with Crippen molar-refractivity contribution in [1.29, 1.82) is 0 Å². The van der Waals surface area contributed by atoms with Crippen LogP contribution in [0.5, 0.6) is 0 Å². The standard InChI is InChI=1S/C20H17N3O4/c1-22-19(26)15-8-7-13(10-16(15)20(22)27)21-18(25)12-9-17(24)23(11-12)14-5-3-2-4-6-14/h2-8,10,12H,9,11H2,1H3,(H,21,25)/t12-/m1/s1. The first-order valence-electron chi connectivity index (χ1n) is 8.58. The lowest BCUT2D eigenvalue weighted by Crippen LogP contribution is -2.28. The Balaban J connectivity index is 1.49. The van der Waals surface area contributed by atoms with Crippen molar-refractivity contribution in [2.24, 2.45) is 5.92 Å². The van der Waals surface area contributed by atoms with E-state index in [1.807, 2.05) is 30.3 Å². The van der Waals surface area contributed by atoms with Crippen molar-refractivity contribution in [3.05, 3.63) is 59.7 Å². The molecule has 2 aromatic carbocycles. The van der Waals surface area contributed by atoms with Crippen LogP contribution in [0.25, 0.3) is 0 Å². The number of amides is 4. The molecule has 0 spiro atoms. The minimum Gasteiger partial charge on any atom is -0.326 e. The molecule has 1 N–H and O–H groups in total. The number of hydrogen-bond acceptors (Lipinski definition) is 4. The van der Waals surface area contributed by atoms with Crippen LogP contribution in [0.3, 0.4) is 0 Å². The molecule has 2 aliphatic heterocycles. The molecule has 136 valence electrons. The van der Waals surface area contributed by atoms with Crippen LogP contribution in [-0.4, -0.2) is 42.1 Å². The van der Waals surface area contributed by atoms with E-state index in [1.54, 1.807) is 11.0 Å². The van der Waals surface area contributed by atoms with Crippen LogP contribution in [0.1, 0.15) is 27.1 Å². The van der Waals surface area contributed by atoms with Crippen LogP contribution in [0.2, 0.25) is 0 Å². The predicted octanol–water partition coefficient (Wildman–Crippen LogP) is 1.90. The number of hydrogen-bond donors (Lipinski definition) is 1. The van der Waals surface area contributed by atoms with Gasteiger partial charge >= 0.3 is 0 Å². The maximum atomic E-state index is 12.6. The molecule has 0 bridgehead atoms. The number of nitrogens with zero attached hydrogens (tertiary/aromatic N) is 2. The van der Waals surface area contributed by atoms with Crippen molar-refractivity contribution in [2.75, 3.05) is 23.8 Å². The van der Waals surface area contributed by atoms with Crippen molar-refractivity contribution in [3.63, 3.8) is 0 Å². The number of rotatable bonds is 3. The summed E-state index contributed by atoms with van der Waals surface area (Å²) in [5.41, 5.74) is 1.80. The van der Waals surface area contributed by atoms with Gasteiger partial charge in [-0.3, -0.25) is 24.1 Å². The molecule has 0 aromatic heterocycles. The fourth-order valence-electron chi connectivity index (χ4n) is 3.42. The normalized spacial score (nSPS) is 18.9. The largest absolute Gasteiger partial charge is 0.326 e. The highest BCUT2D eigenvalue weighted by molar-refractivity contribution is 6.21. The highest BCUT2D eigenvalue weighted by Gasteiger charge is 2.36. The topological polar surface area (TPSA) is 86.8 Å². The van der Waals surface area contributed by atoms with Gasteiger partial charge < -0.3 is 10.2 Å². The molecule has 0 saturated carbocycles. The van der Waals surface area contributed by atoms with E-state index >= 15 is 0 Å². The molecule has 2 heterocycles. The second-order valence-electron chi connectivity index (χ2n) is 6.66. The Labute approximate surface area is 155 Å². The Kier molecular flexibility index (Phi) is 3.99. The monoisotopic (exact) mass is 363 g/mol. The number of benzene rings is 2. The zero-order valence-electron chi connectivity index (χ0n) is 14.6. The quantitative estimate of drug-likeness (QED) is 0.844. The smallest absolute Gasteiger partial charge is 0.261 e. The third-order valence-electron chi connectivity index (χ3n) is 4.92. The lowest BCUT2D eigenvalue weighted by molar-refractivity contribution is -0.122. The number of imide groups is 1. The second kappa shape index (κ2) is 6.35. The number of fused-ring (bicyclic) bond motifs is 1. The van der Waals surface area contributed by atoms with Crippen LogP contribution in [0.4, 0.5) is 11.4 Å². The molecule has 7 nitrogen and oxygen atoms in total. The van der Waals surface area contributed by atoms with Crippen LogP contribution in [0.15, 0.2) is 48.5 Å². The van der Waals surface area contributed by atoms with Crippen molar-refractivity contribution in [1.82, 2.24) is 4.90 Å². The zero-order chi connectivity index (χ0) is 19.1. The lowest BCUT2D eigenvalue weighted by atomic mass is 10.1. The highest BCUT2D eigenvalue weighted by Crippen LogP contribution is 2.28. The first kappa shape index (κ1) is 17.0. The molecule has 7 heteroatoms. The van der Waals surface area contributed by atoms with Gasteiger partial charge in [-0.05, 0) is 30.3 Å². The Hall–Kier alpha value is -3.48. The number of nitrogens with one attached hydrogen (secondary N) is 1. The van der Waals surface area contributed by atoms with Gasteiger partial charge in [-0.25, -0.2) is 0 Å². The predicted molar refractivity (Wildman–Crippen MR) is 98.4 cm³/mol. The summed E-state index contributed by atoms with van der Waals surface area (Å²) < 4.78 is 0. The van der Waals surface area contributed by atoms with E-state index in [0.717, 1.165) is 10.6 Å². The van der Waals surface area contributed by atoms with E-state index < -0.39 is 11.8 Å². The summed E-state index contributed by atoms with van der Waals surface area (Å²) in [5.74, 6) is -1.61. The SMILES string of the molecule is CN1C(=O)c2ccc(NC(=O)[C@@H]3CC(=O)N(c4ccccc4)C3)cc2C1=O. The highest BCUT2D eigenvalue weighted by atomic mass is 16.2. The number of carbonyl (C=O) groups is 4. The Morgan fingerprint density at radius 2 is 1.70 bits per heavy atom. The maximum absolute atomic E-state index is 12.6. The summed E-state index contributed by atoms with van der Waals surface area (Å²) in [6.07, 6.45) is 0.131. The van der Waals surface area contributed by atoms with E-state index in [9.17, 15) is 19.2 Å². The maximum Gasteiger partial charge on any atom is 0.261 e. The van der Waals surface area contributed by atoms with Gasteiger partial charge in [0.2, 0.25) is 11.8 Å². The van der Waals surface area contributed by atoms with Crippen molar-refractivity contribution < 1.29 is 19.2 Å². The number of anilines is 2. The molecule has 0 unspecified atom stereocenters. The minimum absolute atomic E-state index is 0.0993. The van der Waals surface area contributed by atoms with Crippen molar-refractivity contribution in [3.8, 4) is 0 Å². The summed E-state index contributed by atoms with van der Waals surface area (Å²) in [6.45, 7) is 0.305. The fraction of sp³-hybridized carbons (Fsp3) is 0.200.